The van der Waals surface area contributed by atoms with E-state index in [0.717, 1.165) is 38.8 Å². The number of rotatable bonds is 11. The van der Waals surface area contributed by atoms with Crippen LogP contribution in [0.15, 0.2) is 57.7 Å². The third-order valence-electron chi connectivity index (χ3n) is 4.70. The number of methoxy groups -OCH3 is 1. The maximum atomic E-state index is 5.94. The van der Waals surface area contributed by atoms with E-state index in [2.05, 4.69) is 41.8 Å². The van der Waals surface area contributed by atoms with E-state index >= 15 is 0 Å². The highest BCUT2D eigenvalue weighted by molar-refractivity contribution is 7.99. The Hall–Kier alpha value is -3.01. The Kier molecular flexibility index (Phi) is 14.2. The maximum absolute atomic E-state index is 5.94. The second-order valence-corrected chi connectivity index (χ2v) is 7.83. The molecule has 0 aliphatic rings. The summed E-state index contributed by atoms with van der Waals surface area (Å²) >= 11 is 1.54. The first-order valence-electron chi connectivity index (χ1n) is 11.7. The predicted octanol–water partition coefficient (Wildman–Crippen LogP) is 5.11. The molecule has 1 heterocycles. The van der Waals surface area contributed by atoms with Crippen molar-refractivity contribution in [3.05, 3.63) is 59.4 Å². The summed E-state index contributed by atoms with van der Waals surface area (Å²) in [5, 5.41) is 8.03. The molecule has 4 N–H and O–H groups in total. The number of aryl methyl sites for hydroxylation is 1. The molecule has 0 saturated carbocycles. The van der Waals surface area contributed by atoms with Crippen molar-refractivity contribution in [1.82, 2.24) is 9.78 Å². The number of aromatic nitrogens is 2. The zero-order valence-corrected chi connectivity index (χ0v) is 22.5. The molecule has 2 aromatic carbocycles. The lowest BCUT2D eigenvalue weighted by atomic mass is 10.2. The molecule has 0 atom stereocenters. The van der Waals surface area contributed by atoms with E-state index in [4.69, 9.17) is 20.0 Å². The van der Waals surface area contributed by atoms with Gasteiger partial charge in [-0.25, -0.2) is 0 Å². The second kappa shape index (κ2) is 16.6. The topological polar surface area (TPSA) is 110 Å². The second-order valence-electron chi connectivity index (χ2n) is 6.75. The smallest absolute Gasteiger partial charge is 0.172 e. The summed E-state index contributed by atoms with van der Waals surface area (Å²) in [6, 6.07) is 10.1. The summed E-state index contributed by atoms with van der Waals surface area (Å²) in [5.41, 5.74) is 13.3. The monoisotopic (exact) mass is 501 g/mol. The molecular weight excluding hydrogens is 462 g/mol. The molecule has 0 aliphatic heterocycles. The van der Waals surface area contributed by atoms with Crippen LogP contribution in [0.5, 0.6) is 17.2 Å². The molecule has 0 saturated heterocycles. The quantitative estimate of drug-likeness (QED) is 0.278. The molecule has 0 aliphatic carbocycles. The van der Waals surface area contributed by atoms with Crippen molar-refractivity contribution >= 4 is 18.5 Å². The van der Waals surface area contributed by atoms with Crippen LogP contribution < -0.4 is 25.8 Å². The molecule has 192 valence electrons. The number of oxime groups is 1. The van der Waals surface area contributed by atoms with Crippen molar-refractivity contribution in [1.29, 1.82) is 0 Å². The lowest BCUT2D eigenvalue weighted by Crippen LogP contribution is -2.05. The van der Waals surface area contributed by atoms with Gasteiger partial charge in [-0.2, -0.15) is 5.10 Å². The van der Waals surface area contributed by atoms with E-state index in [1.165, 1.54) is 12.6 Å². The van der Waals surface area contributed by atoms with Crippen molar-refractivity contribution in [2.75, 3.05) is 20.8 Å². The molecule has 35 heavy (non-hydrogen) atoms. The Morgan fingerprint density at radius 3 is 2.31 bits per heavy atom. The van der Waals surface area contributed by atoms with Gasteiger partial charge in [-0.05, 0) is 50.2 Å². The molecule has 3 aromatic rings. The fraction of sp³-hybridized carbons (Fsp3) is 0.385. The minimum Gasteiger partial charge on any atom is -0.496 e. The molecule has 8 nitrogen and oxygen atoms in total. The maximum Gasteiger partial charge on any atom is 0.172 e. The first kappa shape index (κ1) is 30.0. The number of hydrogen-bond acceptors (Lipinski definition) is 8. The van der Waals surface area contributed by atoms with Crippen LogP contribution in [0.3, 0.4) is 0 Å². The Bertz CT molecular complexity index is 1040. The van der Waals surface area contributed by atoms with Crippen molar-refractivity contribution in [3.63, 3.8) is 0 Å². The van der Waals surface area contributed by atoms with Crippen molar-refractivity contribution in [2.24, 2.45) is 16.6 Å². The van der Waals surface area contributed by atoms with Gasteiger partial charge in [0.05, 0.1) is 36.2 Å². The van der Waals surface area contributed by atoms with Gasteiger partial charge in [-0.15, -0.1) is 0 Å². The average molecular weight is 502 g/mol. The molecule has 9 heteroatoms. The predicted molar refractivity (Wildman–Crippen MR) is 145 cm³/mol. The average Bonchev–Trinajstić information content (AvgIpc) is 3.36. The molecule has 0 bridgehead atoms. The Morgan fingerprint density at radius 1 is 1.03 bits per heavy atom. The minimum absolute atomic E-state index is 0.446. The molecule has 0 radical (unpaired) electrons. The van der Waals surface area contributed by atoms with Crippen LogP contribution in [-0.4, -0.2) is 37.3 Å². The first-order valence-corrected chi connectivity index (χ1v) is 12.5. The van der Waals surface area contributed by atoms with Gasteiger partial charge in [0, 0.05) is 30.6 Å². The first-order chi connectivity index (χ1) is 17.1. The SMILES string of the molecule is C=NOc1cc(Cn2cc(CN)cn2)c(OCC)cc1Sc1cc(CC)ccc1OC.CC.CN. The van der Waals surface area contributed by atoms with E-state index in [9.17, 15) is 0 Å². The minimum atomic E-state index is 0.446. The standard InChI is InChI=1S/C23H28N4O3S.C2H6.CH5N/c1-5-16-7-8-19(28-4)22(9-16)31-23-11-20(29-6-2)18(10-21(23)30-25-3)15-27-14-17(12-24)13-26-27;2*1-2/h7-11,13-14H,3,5-6,12,15,24H2,1-2,4H3;1-2H3;2H2,1H3. The van der Waals surface area contributed by atoms with Crippen LogP contribution in [-0.2, 0) is 19.5 Å². The van der Waals surface area contributed by atoms with Crippen LogP contribution in [0.2, 0.25) is 0 Å². The molecule has 1 aromatic heterocycles. The molecular formula is C26H39N5O3S. The van der Waals surface area contributed by atoms with Crippen molar-refractivity contribution in [2.45, 2.75) is 57.0 Å². The molecule has 0 spiro atoms. The molecule has 3 rings (SSSR count). The summed E-state index contributed by atoms with van der Waals surface area (Å²) in [5.74, 6) is 2.15. The van der Waals surface area contributed by atoms with E-state index < -0.39 is 0 Å². The molecule has 0 amide bonds. The third kappa shape index (κ3) is 8.61. The zero-order chi connectivity index (χ0) is 26.2. The highest BCUT2D eigenvalue weighted by Crippen LogP contribution is 2.43. The van der Waals surface area contributed by atoms with Gasteiger partial charge >= 0.3 is 0 Å². The van der Waals surface area contributed by atoms with Crippen LogP contribution in [0.25, 0.3) is 0 Å². The fourth-order valence-electron chi connectivity index (χ4n) is 3.13. The van der Waals surface area contributed by atoms with Gasteiger partial charge in [-0.1, -0.05) is 43.8 Å². The highest BCUT2D eigenvalue weighted by Gasteiger charge is 2.17. The number of nitrogens with zero attached hydrogens (tertiary/aromatic N) is 3. The summed E-state index contributed by atoms with van der Waals surface area (Å²) < 4.78 is 13.3. The lowest BCUT2D eigenvalue weighted by Gasteiger charge is -2.16. The summed E-state index contributed by atoms with van der Waals surface area (Å²) in [6.07, 6.45) is 4.62. The number of hydrogen-bond donors (Lipinski definition) is 2. The normalized spacial score (nSPS) is 9.83. The van der Waals surface area contributed by atoms with Crippen molar-refractivity contribution < 1.29 is 14.3 Å². The zero-order valence-electron chi connectivity index (χ0n) is 21.7. The summed E-state index contributed by atoms with van der Waals surface area (Å²) in [4.78, 5) is 7.37. The van der Waals surface area contributed by atoms with E-state index in [0.29, 0.717) is 25.4 Å². The Morgan fingerprint density at radius 2 is 1.74 bits per heavy atom. The number of ether oxygens (including phenoxy) is 2. The highest BCUT2D eigenvalue weighted by atomic mass is 32.2. The van der Waals surface area contributed by atoms with Gasteiger partial charge in [-0.3, -0.25) is 4.68 Å². The number of benzene rings is 2. The van der Waals surface area contributed by atoms with Gasteiger partial charge in [0.2, 0.25) is 0 Å². The summed E-state index contributed by atoms with van der Waals surface area (Å²) in [7, 11) is 3.17. The van der Waals surface area contributed by atoms with Gasteiger partial charge < -0.3 is 25.8 Å². The number of nitrogens with two attached hydrogens (primary N) is 2. The molecule has 0 unspecified atom stereocenters. The third-order valence-corrected chi connectivity index (χ3v) is 5.78. The van der Waals surface area contributed by atoms with Crippen molar-refractivity contribution in [3.8, 4) is 17.2 Å². The van der Waals surface area contributed by atoms with Gasteiger partial charge in [0.1, 0.15) is 11.5 Å². The largest absolute Gasteiger partial charge is 0.496 e. The van der Waals surface area contributed by atoms with E-state index in [1.807, 2.05) is 49.8 Å². The summed E-state index contributed by atoms with van der Waals surface area (Å²) in [6.45, 7) is 13.1. The van der Waals surface area contributed by atoms with E-state index in [-0.39, 0.29) is 0 Å². The Labute approximate surface area is 213 Å². The van der Waals surface area contributed by atoms with Gasteiger partial charge in [0.25, 0.3) is 0 Å². The van der Waals surface area contributed by atoms with Crippen LogP contribution in [0, 0.1) is 0 Å². The van der Waals surface area contributed by atoms with Crippen LogP contribution in [0.4, 0.5) is 0 Å². The Balaban J connectivity index is 0.00000145. The van der Waals surface area contributed by atoms with E-state index in [1.54, 1.807) is 25.1 Å². The van der Waals surface area contributed by atoms with Crippen LogP contribution in [0.1, 0.15) is 44.4 Å². The van der Waals surface area contributed by atoms with Gasteiger partial charge in [0.15, 0.2) is 5.75 Å². The van der Waals surface area contributed by atoms with Crippen LogP contribution >= 0.6 is 11.8 Å². The lowest BCUT2D eigenvalue weighted by molar-refractivity contribution is 0.322. The fourth-order valence-corrected chi connectivity index (χ4v) is 4.19. The molecule has 0 fully saturated rings.